The monoisotopic (exact) mass is 421 g/mol. The van der Waals surface area contributed by atoms with Crippen molar-refractivity contribution in [1.82, 2.24) is 14.9 Å². The Kier molecular flexibility index (Phi) is 8.10. The highest BCUT2D eigenvalue weighted by Gasteiger charge is 2.11. The molecule has 3 rings (SSSR count). The Labute approximate surface area is 185 Å². The van der Waals surface area contributed by atoms with E-state index in [9.17, 15) is 4.79 Å². The first-order valence-corrected chi connectivity index (χ1v) is 11.4. The van der Waals surface area contributed by atoms with E-state index in [2.05, 4.69) is 60.1 Å². The highest BCUT2D eigenvalue weighted by atomic mass is 16.5. The lowest BCUT2D eigenvalue weighted by molar-refractivity contribution is -0.123. The quantitative estimate of drug-likeness (QED) is 0.432. The molecule has 31 heavy (non-hydrogen) atoms. The van der Waals surface area contributed by atoms with Crippen LogP contribution in [-0.4, -0.2) is 28.6 Å². The Hall–Kier alpha value is -2.82. The molecule has 1 heterocycles. The summed E-state index contributed by atoms with van der Waals surface area (Å²) in [7, 11) is 0. The molecule has 0 unspecified atom stereocenters. The van der Waals surface area contributed by atoms with E-state index >= 15 is 0 Å². The predicted molar refractivity (Wildman–Crippen MR) is 127 cm³/mol. The van der Waals surface area contributed by atoms with Gasteiger partial charge in [0, 0.05) is 25.4 Å². The van der Waals surface area contributed by atoms with Crippen molar-refractivity contribution < 1.29 is 9.53 Å². The van der Waals surface area contributed by atoms with Crippen LogP contribution in [0.3, 0.4) is 0 Å². The van der Waals surface area contributed by atoms with Gasteiger partial charge in [0.2, 0.25) is 5.91 Å². The van der Waals surface area contributed by atoms with Crippen molar-refractivity contribution in [3.8, 4) is 5.75 Å². The Bertz CT molecular complexity index is 1010. The lowest BCUT2D eigenvalue weighted by Gasteiger charge is -2.12. The molecule has 1 aromatic heterocycles. The van der Waals surface area contributed by atoms with Crippen molar-refractivity contribution in [2.45, 2.75) is 59.9 Å². The van der Waals surface area contributed by atoms with Gasteiger partial charge in [0.25, 0.3) is 0 Å². The third-order valence-corrected chi connectivity index (χ3v) is 5.51. The zero-order valence-electron chi connectivity index (χ0n) is 19.3. The highest BCUT2D eigenvalue weighted by Crippen LogP contribution is 2.20. The summed E-state index contributed by atoms with van der Waals surface area (Å²) in [6.45, 7) is 10.3. The van der Waals surface area contributed by atoms with Crippen LogP contribution in [0.25, 0.3) is 11.0 Å². The van der Waals surface area contributed by atoms with Gasteiger partial charge < -0.3 is 14.6 Å². The SMILES string of the molecule is Cc1ccc(C)c(OCCCCn2c(CCCNC(=O)C(C)C)nc3ccccc32)c1. The number of aromatic nitrogens is 2. The number of hydrogen-bond donors (Lipinski definition) is 1. The molecule has 0 aliphatic carbocycles. The van der Waals surface area contributed by atoms with E-state index in [1.54, 1.807) is 0 Å². The largest absolute Gasteiger partial charge is 0.493 e. The zero-order valence-corrected chi connectivity index (χ0v) is 19.3. The number of imidazole rings is 1. The standard InChI is InChI=1S/C26H35N3O2/c1-19(2)26(30)27-15-9-12-25-28-22-10-5-6-11-23(22)29(25)16-7-8-17-31-24-18-20(3)13-14-21(24)4/h5-6,10-11,13-14,18-19H,7-9,12,15-17H2,1-4H3,(H,27,30). The number of amides is 1. The molecule has 0 saturated carbocycles. The summed E-state index contributed by atoms with van der Waals surface area (Å²) in [5, 5.41) is 3.00. The van der Waals surface area contributed by atoms with Crippen LogP contribution in [0.5, 0.6) is 5.75 Å². The molecule has 1 N–H and O–H groups in total. The second-order valence-corrected chi connectivity index (χ2v) is 8.54. The average molecular weight is 422 g/mol. The molecule has 1 amide bonds. The van der Waals surface area contributed by atoms with Gasteiger partial charge in [-0.1, -0.05) is 38.1 Å². The van der Waals surface area contributed by atoms with Crippen LogP contribution in [0.4, 0.5) is 0 Å². The predicted octanol–water partition coefficient (Wildman–Crippen LogP) is 5.22. The third kappa shape index (κ3) is 6.33. The summed E-state index contributed by atoms with van der Waals surface area (Å²) in [5.41, 5.74) is 4.62. The smallest absolute Gasteiger partial charge is 0.222 e. The number of rotatable bonds is 11. The minimum absolute atomic E-state index is 0.0235. The van der Waals surface area contributed by atoms with Crippen LogP contribution in [0.2, 0.25) is 0 Å². The summed E-state index contributed by atoms with van der Waals surface area (Å²) >= 11 is 0. The molecule has 166 valence electrons. The number of nitrogens with zero attached hydrogens (tertiary/aromatic N) is 2. The van der Waals surface area contributed by atoms with Gasteiger partial charge in [-0.2, -0.15) is 0 Å². The minimum atomic E-state index is 0.0235. The van der Waals surface area contributed by atoms with Crippen molar-refractivity contribution in [3.05, 3.63) is 59.4 Å². The maximum atomic E-state index is 11.8. The summed E-state index contributed by atoms with van der Waals surface area (Å²) < 4.78 is 8.34. The van der Waals surface area contributed by atoms with Gasteiger partial charge in [0.05, 0.1) is 17.6 Å². The molecule has 0 saturated heterocycles. The fourth-order valence-corrected chi connectivity index (χ4v) is 3.64. The molecule has 2 aromatic carbocycles. The maximum Gasteiger partial charge on any atom is 0.222 e. The molecular weight excluding hydrogens is 386 g/mol. The molecule has 5 heteroatoms. The number of carbonyl (C=O) groups is 1. The van der Waals surface area contributed by atoms with Crippen molar-refractivity contribution in [2.75, 3.05) is 13.2 Å². The fourth-order valence-electron chi connectivity index (χ4n) is 3.64. The second-order valence-electron chi connectivity index (χ2n) is 8.54. The Morgan fingerprint density at radius 3 is 2.71 bits per heavy atom. The first kappa shape index (κ1) is 22.9. The number of carbonyl (C=O) groups excluding carboxylic acids is 1. The van der Waals surface area contributed by atoms with E-state index in [4.69, 9.17) is 9.72 Å². The molecule has 0 radical (unpaired) electrons. The number of fused-ring (bicyclic) bond motifs is 1. The normalized spacial score (nSPS) is 11.3. The van der Waals surface area contributed by atoms with Crippen LogP contribution in [-0.2, 0) is 17.8 Å². The molecule has 0 bridgehead atoms. The number of ether oxygens (including phenoxy) is 1. The Morgan fingerprint density at radius 2 is 1.90 bits per heavy atom. The van der Waals surface area contributed by atoms with E-state index < -0.39 is 0 Å². The molecule has 0 aliphatic heterocycles. The topological polar surface area (TPSA) is 56.1 Å². The fraction of sp³-hybridized carbons (Fsp3) is 0.462. The van der Waals surface area contributed by atoms with Crippen molar-refractivity contribution in [3.63, 3.8) is 0 Å². The van der Waals surface area contributed by atoms with Gasteiger partial charge in [-0.05, 0) is 62.4 Å². The van der Waals surface area contributed by atoms with Crippen molar-refractivity contribution >= 4 is 16.9 Å². The van der Waals surface area contributed by atoms with Crippen molar-refractivity contribution in [2.24, 2.45) is 5.92 Å². The number of para-hydroxylation sites is 2. The molecule has 5 nitrogen and oxygen atoms in total. The van der Waals surface area contributed by atoms with Gasteiger partial charge in [0.15, 0.2) is 0 Å². The number of nitrogens with one attached hydrogen (secondary N) is 1. The molecular formula is C26H35N3O2. The zero-order chi connectivity index (χ0) is 22.2. The van der Waals surface area contributed by atoms with Crippen LogP contribution < -0.4 is 10.1 Å². The van der Waals surface area contributed by atoms with Gasteiger partial charge in [-0.15, -0.1) is 0 Å². The van der Waals surface area contributed by atoms with Crippen molar-refractivity contribution in [1.29, 1.82) is 0 Å². The second kappa shape index (κ2) is 11.0. The maximum absolute atomic E-state index is 11.8. The number of aryl methyl sites for hydroxylation is 4. The molecule has 3 aromatic rings. The first-order valence-electron chi connectivity index (χ1n) is 11.4. The van der Waals surface area contributed by atoms with Crippen LogP contribution in [0.1, 0.15) is 50.1 Å². The van der Waals surface area contributed by atoms with E-state index in [0.717, 1.165) is 49.3 Å². The van der Waals surface area contributed by atoms with Gasteiger partial charge in [-0.25, -0.2) is 4.98 Å². The Morgan fingerprint density at radius 1 is 1.10 bits per heavy atom. The number of benzene rings is 2. The van der Waals surface area contributed by atoms with E-state index in [0.29, 0.717) is 13.2 Å². The average Bonchev–Trinajstić information content (AvgIpc) is 3.10. The van der Waals surface area contributed by atoms with Crippen LogP contribution >= 0.6 is 0 Å². The van der Waals surface area contributed by atoms with Gasteiger partial charge in [0.1, 0.15) is 11.6 Å². The van der Waals surface area contributed by atoms with E-state index in [-0.39, 0.29) is 11.8 Å². The molecule has 0 atom stereocenters. The summed E-state index contributed by atoms with van der Waals surface area (Å²) in [4.78, 5) is 16.6. The summed E-state index contributed by atoms with van der Waals surface area (Å²) in [6.07, 6.45) is 3.76. The lowest BCUT2D eigenvalue weighted by atomic mass is 10.1. The first-order chi connectivity index (χ1) is 15.0. The van der Waals surface area contributed by atoms with Gasteiger partial charge >= 0.3 is 0 Å². The summed E-state index contributed by atoms with van der Waals surface area (Å²) in [5.74, 6) is 2.21. The van der Waals surface area contributed by atoms with E-state index in [1.165, 1.54) is 16.6 Å². The summed E-state index contributed by atoms with van der Waals surface area (Å²) in [6, 6.07) is 14.6. The molecule has 0 fully saturated rings. The number of unbranched alkanes of at least 4 members (excludes halogenated alkanes) is 1. The van der Waals surface area contributed by atoms with Crippen LogP contribution in [0.15, 0.2) is 42.5 Å². The lowest BCUT2D eigenvalue weighted by Crippen LogP contribution is -2.28. The Balaban J connectivity index is 1.54. The molecule has 0 aliphatic rings. The molecule has 0 spiro atoms. The van der Waals surface area contributed by atoms with E-state index in [1.807, 2.05) is 19.9 Å². The number of hydrogen-bond acceptors (Lipinski definition) is 3. The highest BCUT2D eigenvalue weighted by molar-refractivity contribution is 5.77. The third-order valence-electron chi connectivity index (χ3n) is 5.51. The van der Waals surface area contributed by atoms with Gasteiger partial charge in [-0.3, -0.25) is 4.79 Å². The minimum Gasteiger partial charge on any atom is -0.493 e. The van der Waals surface area contributed by atoms with Crippen LogP contribution in [0, 0.1) is 19.8 Å².